The standard InChI is InChI=1S/C37H29N3/c1-3-22-40(36-11-7-6-10-35(36)39-2)32-20-18-27-16-17-30(23-31(27)24-32)34-21-19-28-8-4-5-9-33(28)37(34)29-14-12-26(25-38)13-15-29/h4-21,23-24H,2-3,22H2,1H3. The lowest BCUT2D eigenvalue weighted by Crippen LogP contribution is -2.17. The monoisotopic (exact) mass is 515 g/mol. The molecular formula is C37H29N3. The molecule has 0 radical (unpaired) electrons. The van der Waals surface area contributed by atoms with Crippen molar-refractivity contribution >= 4 is 45.3 Å². The maximum Gasteiger partial charge on any atom is 0.0991 e. The highest BCUT2D eigenvalue weighted by molar-refractivity contribution is 6.05. The highest BCUT2D eigenvalue weighted by atomic mass is 15.1. The lowest BCUT2D eigenvalue weighted by molar-refractivity contribution is 0.886. The molecule has 0 heterocycles. The molecule has 0 aliphatic carbocycles. The smallest absolute Gasteiger partial charge is 0.0991 e. The molecule has 0 atom stereocenters. The first-order valence-electron chi connectivity index (χ1n) is 13.6. The summed E-state index contributed by atoms with van der Waals surface area (Å²) in [5, 5.41) is 14.1. The molecule has 6 aromatic carbocycles. The molecule has 0 bridgehead atoms. The second-order valence-corrected chi connectivity index (χ2v) is 9.94. The van der Waals surface area contributed by atoms with Gasteiger partial charge in [-0.3, -0.25) is 4.99 Å². The van der Waals surface area contributed by atoms with E-state index in [1.54, 1.807) is 0 Å². The number of anilines is 2. The average Bonchev–Trinajstić information content (AvgIpc) is 3.02. The lowest BCUT2D eigenvalue weighted by atomic mass is 9.89. The van der Waals surface area contributed by atoms with Crippen LogP contribution < -0.4 is 4.90 Å². The Bertz CT molecular complexity index is 1890. The van der Waals surface area contributed by atoms with E-state index < -0.39 is 0 Å². The molecule has 3 nitrogen and oxygen atoms in total. The number of aliphatic imine (C=N–C) groups is 1. The van der Waals surface area contributed by atoms with Gasteiger partial charge in [-0.15, -0.1) is 0 Å². The van der Waals surface area contributed by atoms with Crippen LogP contribution in [-0.4, -0.2) is 13.3 Å². The summed E-state index contributed by atoms with van der Waals surface area (Å²) in [6.45, 7) is 6.87. The van der Waals surface area contributed by atoms with Gasteiger partial charge in [0.15, 0.2) is 0 Å². The molecule has 40 heavy (non-hydrogen) atoms. The van der Waals surface area contributed by atoms with E-state index >= 15 is 0 Å². The van der Waals surface area contributed by atoms with Gasteiger partial charge in [-0.05, 0) is 99.4 Å². The predicted molar refractivity (Wildman–Crippen MR) is 170 cm³/mol. The van der Waals surface area contributed by atoms with Crippen LogP contribution in [0.2, 0.25) is 0 Å². The minimum Gasteiger partial charge on any atom is -0.340 e. The summed E-state index contributed by atoms with van der Waals surface area (Å²) in [6, 6.07) is 44.6. The second kappa shape index (κ2) is 10.9. The summed E-state index contributed by atoms with van der Waals surface area (Å²) in [7, 11) is 0. The maximum atomic E-state index is 9.34. The minimum atomic E-state index is 0.661. The fraction of sp³-hybridized carbons (Fsp3) is 0.0811. The van der Waals surface area contributed by atoms with Crippen molar-refractivity contribution in [2.45, 2.75) is 13.3 Å². The van der Waals surface area contributed by atoms with E-state index in [2.05, 4.69) is 127 Å². The molecule has 0 saturated carbocycles. The number of rotatable bonds is 7. The Morgan fingerprint density at radius 1 is 0.725 bits per heavy atom. The Balaban J connectivity index is 1.52. The van der Waals surface area contributed by atoms with Gasteiger partial charge in [0.1, 0.15) is 0 Å². The third-order valence-electron chi connectivity index (χ3n) is 7.47. The molecule has 0 unspecified atom stereocenters. The average molecular weight is 516 g/mol. The number of nitrogens with zero attached hydrogens (tertiary/aromatic N) is 3. The summed E-state index contributed by atoms with van der Waals surface area (Å²) in [5.74, 6) is 0. The van der Waals surface area contributed by atoms with Crippen LogP contribution in [0.25, 0.3) is 43.8 Å². The van der Waals surface area contributed by atoms with Gasteiger partial charge in [0.25, 0.3) is 0 Å². The van der Waals surface area contributed by atoms with Gasteiger partial charge in [0, 0.05) is 12.2 Å². The van der Waals surface area contributed by atoms with Gasteiger partial charge in [-0.25, -0.2) is 0 Å². The highest BCUT2D eigenvalue weighted by Gasteiger charge is 2.15. The zero-order chi connectivity index (χ0) is 27.5. The normalized spacial score (nSPS) is 10.9. The summed E-state index contributed by atoms with van der Waals surface area (Å²) in [5.41, 5.74) is 8.34. The van der Waals surface area contributed by atoms with Crippen LogP contribution in [0.3, 0.4) is 0 Å². The largest absolute Gasteiger partial charge is 0.340 e. The van der Waals surface area contributed by atoms with E-state index in [-0.39, 0.29) is 0 Å². The first kappa shape index (κ1) is 25.1. The third-order valence-corrected chi connectivity index (χ3v) is 7.47. The molecule has 0 aliphatic rings. The van der Waals surface area contributed by atoms with Crippen molar-refractivity contribution < 1.29 is 0 Å². The second-order valence-electron chi connectivity index (χ2n) is 9.94. The zero-order valence-electron chi connectivity index (χ0n) is 22.5. The Morgan fingerprint density at radius 2 is 1.45 bits per heavy atom. The predicted octanol–water partition coefficient (Wildman–Crippen LogP) is 10.1. The molecule has 0 amide bonds. The van der Waals surface area contributed by atoms with Crippen LogP contribution in [0.4, 0.5) is 17.1 Å². The Hall–Kier alpha value is -5.20. The number of hydrogen-bond donors (Lipinski definition) is 0. The number of para-hydroxylation sites is 2. The van der Waals surface area contributed by atoms with Gasteiger partial charge in [0.05, 0.1) is 23.0 Å². The molecule has 0 aromatic heterocycles. The van der Waals surface area contributed by atoms with Crippen LogP contribution in [0, 0.1) is 11.3 Å². The number of fused-ring (bicyclic) bond motifs is 2. The fourth-order valence-electron chi connectivity index (χ4n) is 5.54. The first-order chi connectivity index (χ1) is 19.7. The molecule has 0 spiro atoms. The van der Waals surface area contributed by atoms with Crippen LogP contribution in [-0.2, 0) is 0 Å². The van der Waals surface area contributed by atoms with Gasteiger partial charge < -0.3 is 4.90 Å². The zero-order valence-corrected chi connectivity index (χ0v) is 22.5. The molecule has 192 valence electrons. The van der Waals surface area contributed by atoms with Crippen LogP contribution in [0.1, 0.15) is 18.9 Å². The van der Waals surface area contributed by atoms with E-state index in [9.17, 15) is 5.26 Å². The van der Waals surface area contributed by atoms with Gasteiger partial charge in [-0.1, -0.05) is 85.8 Å². The molecule has 6 rings (SSSR count). The summed E-state index contributed by atoms with van der Waals surface area (Å²) in [6.07, 6.45) is 1.01. The van der Waals surface area contributed by atoms with E-state index in [1.807, 2.05) is 24.3 Å². The molecule has 6 aromatic rings. The maximum absolute atomic E-state index is 9.34. The van der Waals surface area contributed by atoms with Gasteiger partial charge in [0.2, 0.25) is 0 Å². The van der Waals surface area contributed by atoms with Crippen molar-refractivity contribution in [1.82, 2.24) is 0 Å². The summed E-state index contributed by atoms with van der Waals surface area (Å²) < 4.78 is 0. The fourth-order valence-corrected chi connectivity index (χ4v) is 5.54. The number of hydrogen-bond acceptors (Lipinski definition) is 3. The van der Waals surface area contributed by atoms with Crippen molar-refractivity contribution in [3.63, 3.8) is 0 Å². The third kappa shape index (κ3) is 4.61. The Morgan fingerprint density at radius 3 is 2.25 bits per heavy atom. The topological polar surface area (TPSA) is 39.4 Å². The molecular weight excluding hydrogens is 486 g/mol. The molecule has 0 saturated heterocycles. The van der Waals surface area contributed by atoms with E-state index in [4.69, 9.17) is 0 Å². The van der Waals surface area contributed by atoms with Crippen molar-refractivity contribution in [1.29, 1.82) is 5.26 Å². The van der Waals surface area contributed by atoms with Crippen molar-refractivity contribution in [3.8, 4) is 28.3 Å². The van der Waals surface area contributed by atoms with E-state index in [0.717, 1.165) is 41.2 Å². The Labute approximate surface area is 235 Å². The van der Waals surface area contributed by atoms with Crippen LogP contribution >= 0.6 is 0 Å². The Kier molecular flexibility index (Phi) is 6.83. The molecule has 0 fully saturated rings. The van der Waals surface area contributed by atoms with E-state index in [0.29, 0.717) is 5.56 Å². The van der Waals surface area contributed by atoms with Crippen LogP contribution in [0.15, 0.2) is 126 Å². The summed E-state index contributed by atoms with van der Waals surface area (Å²) >= 11 is 0. The summed E-state index contributed by atoms with van der Waals surface area (Å²) in [4.78, 5) is 6.61. The lowest BCUT2D eigenvalue weighted by Gasteiger charge is -2.26. The van der Waals surface area contributed by atoms with E-state index in [1.165, 1.54) is 32.7 Å². The van der Waals surface area contributed by atoms with Gasteiger partial charge >= 0.3 is 0 Å². The molecule has 3 heteroatoms. The van der Waals surface area contributed by atoms with Crippen LogP contribution in [0.5, 0.6) is 0 Å². The quantitative estimate of drug-likeness (QED) is 0.198. The SMILES string of the molecule is C=Nc1ccccc1N(CCC)c1ccc2ccc(-c3ccc4ccccc4c3-c3ccc(C#N)cc3)cc2c1. The van der Waals surface area contributed by atoms with Crippen molar-refractivity contribution in [3.05, 3.63) is 127 Å². The number of nitriles is 1. The van der Waals surface area contributed by atoms with Gasteiger partial charge in [-0.2, -0.15) is 5.26 Å². The molecule has 0 aliphatic heterocycles. The van der Waals surface area contributed by atoms with Crippen molar-refractivity contribution in [2.24, 2.45) is 4.99 Å². The highest BCUT2D eigenvalue weighted by Crippen LogP contribution is 2.40. The minimum absolute atomic E-state index is 0.661. The first-order valence-corrected chi connectivity index (χ1v) is 13.6. The van der Waals surface area contributed by atoms with Crippen molar-refractivity contribution in [2.75, 3.05) is 11.4 Å². The molecule has 0 N–H and O–H groups in total. The number of benzene rings is 6.